The minimum Gasteiger partial charge on any atom is -0.466 e. The second-order valence-corrected chi connectivity index (χ2v) is 6.67. The molecule has 25 heavy (non-hydrogen) atoms. The summed E-state index contributed by atoms with van der Waals surface area (Å²) in [6.45, 7) is 12.4. The predicted octanol–water partition coefficient (Wildman–Crippen LogP) is 2.49. The van der Waals surface area contributed by atoms with Crippen molar-refractivity contribution in [2.75, 3.05) is 20.3 Å². The zero-order valence-corrected chi connectivity index (χ0v) is 15.6. The molecule has 2 aliphatic carbocycles. The van der Waals surface area contributed by atoms with E-state index in [0.717, 1.165) is 16.7 Å². The van der Waals surface area contributed by atoms with Crippen molar-refractivity contribution in [2.45, 2.75) is 34.6 Å². The van der Waals surface area contributed by atoms with Crippen molar-refractivity contribution in [1.82, 2.24) is 0 Å². The van der Waals surface area contributed by atoms with Gasteiger partial charge in [-0.25, -0.2) is 9.59 Å². The molecule has 2 atom stereocenters. The maximum Gasteiger partial charge on any atom is 0.335 e. The van der Waals surface area contributed by atoms with E-state index in [0.29, 0.717) is 5.57 Å². The lowest BCUT2D eigenvalue weighted by atomic mass is 9.35. The molecule has 0 heterocycles. The molecule has 136 valence electrons. The van der Waals surface area contributed by atoms with Crippen molar-refractivity contribution < 1.29 is 28.6 Å². The lowest BCUT2D eigenvalue weighted by Crippen LogP contribution is -2.66. The van der Waals surface area contributed by atoms with E-state index in [1.165, 1.54) is 14.0 Å². The van der Waals surface area contributed by atoms with Gasteiger partial charge in [0, 0.05) is 11.0 Å². The Morgan fingerprint density at radius 1 is 1.00 bits per heavy atom. The molecule has 0 saturated heterocycles. The van der Waals surface area contributed by atoms with E-state index in [9.17, 15) is 14.4 Å². The third kappa shape index (κ3) is 2.19. The Kier molecular flexibility index (Phi) is 4.68. The zero-order chi connectivity index (χ0) is 19.2. The molecule has 6 heteroatoms. The van der Waals surface area contributed by atoms with Crippen molar-refractivity contribution in [1.29, 1.82) is 0 Å². The maximum absolute atomic E-state index is 12.9. The van der Waals surface area contributed by atoms with Crippen LogP contribution in [0.1, 0.15) is 34.6 Å². The summed E-state index contributed by atoms with van der Waals surface area (Å²) in [7, 11) is 1.29. The molecular formula is C19H24O6. The fourth-order valence-corrected chi connectivity index (χ4v) is 4.09. The molecule has 6 nitrogen and oxygen atoms in total. The third-order valence-corrected chi connectivity index (χ3v) is 5.72. The van der Waals surface area contributed by atoms with Gasteiger partial charge in [-0.05, 0) is 33.3 Å². The van der Waals surface area contributed by atoms with Gasteiger partial charge in [0.2, 0.25) is 0 Å². The van der Waals surface area contributed by atoms with Crippen LogP contribution in [0, 0.1) is 10.8 Å². The first-order valence-corrected chi connectivity index (χ1v) is 8.06. The van der Waals surface area contributed by atoms with Crippen LogP contribution in [0.3, 0.4) is 0 Å². The number of ether oxygens (including phenoxy) is 3. The van der Waals surface area contributed by atoms with Crippen LogP contribution in [-0.2, 0) is 28.6 Å². The molecule has 0 amide bonds. The standard InChI is InChI=1S/C19H24O6/c1-10(2)15(20)24-8-9-25-17(22)19-12(4)11(3)18(19,6)13(5)14(19)16(21)23-7/h1,8-9H2,2-7H3. The summed E-state index contributed by atoms with van der Waals surface area (Å²) < 4.78 is 15.1. The first-order chi connectivity index (χ1) is 11.6. The van der Waals surface area contributed by atoms with Crippen molar-refractivity contribution in [3.8, 4) is 0 Å². The molecule has 0 aliphatic heterocycles. The molecule has 0 N–H and O–H groups in total. The summed E-state index contributed by atoms with van der Waals surface area (Å²) in [5, 5.41) is 0. The van der Waals surface area contributed by atoms with Gasteiger partial charge in [0.25, 0.3) is 0 Å². The van der Waals surface area contributed by atoms with Crippen LogP contribution in [0.4, 0.5) is 0 Å². The number of rotatable bonds is 6. The highest BCUT2D eigenvalue weighted by atomic mass is 16.6. The number of allylic oxidation sites excluding steroid dienone is 2. The first-order valence-electron chi connectivity index (χ1n) is 8.06. The summed E-state index contributed by atoms with van der Waals surface area (Å²) in [4.78, 5) is 36.4. The zero-order valence-electron chi connectivity index (χ0n) is 15.6. The summed E-state index contributed by atoms with van der Waals surface area (Å²) in [6, 6.07) is 0. The Balaban J connectivity index is 2.18. The predicted molar refractivity (Wildman–Crippen MR) is 90.4 cm³/mol. The Bertz CT molecular complexity index is 741. The normalized spacial score (nSPS) is 27.0. The van der Waals surface area contributed by atoms with Crippen LogP contribution in [0.15, 0.2) is 34.4 Å². The Morgan fingerprint density at radius 3 is 2.08 bits per heavy atom. The molecule has 0 radical (unpaired) electrons. The van der Waals surface area contributed by atoms with Crippen LogP contribution in [-0.4, -0.2) is 38.2 Å². The number of hydrogen-bond donors (Lipinski definition) is 0. The number of fused-ring (bicyclic) bond motifs is 1. The average molecular weight is 348 g/mol. The van der Waals surface area contributed by atoms with Crippen LogP contribution < -0.4 is 0 Å². The Hall–Kier alpha value is -2.37. The number of carbonyl (C=O) groups is 3. The first kappa shape index (κ1) is 19.0. The van der Waals surface area contributed by atoms with E-state index in [2.05, 4.69) is 6.58 Å². The van der Waals surface area contributed by atoms with Gasteiger partial charge >= 0.3 is 17.9 Å². The monoisotopic (exact) mass is 348 g/mol. The molecule has 0 aromatic heterocycles. The fraction of sp³-hybridized carbons (Fsp3) is 0.526. The lowest BCUT2D eigenvalue weighted by molar-refractivity contribution is -0.167. The molecule has 0 bridgehead atoms. The summed E-state index contributed by atoms with van der Waals surface area (Å²) in [6.07, 6.45) is 0. The van der Waals surface area contributed by atoms with E-state index in [1.807, 2.05) is 27.7 Å². The third-order valence-electron chi connectivity index (χ3n) is 5.72. The summed E-state index contributed by atoms with van der Waals surface area (Å²) in [5.74, 6) is -1.58. The smallest absolute Gasteiger partial charge is 0.335 e. The molecular weight excluding hydrogens is 324 g/mol. The van der Waals surface area contributed by atoms with Gasteiger partial charge in [-0.3, -0.25) is 4.79 Å². The van der Waals surface area contributed by atoms with Crippen LogP contribution in [0.25, 0.3) is 0 Å². The van der Waals surface area contributed by atoms with Crippen molar-refractivity contribution in [2.24, 2.45) is 10.8 Å². The molecule has 0 aromatic rings. The quantitative estimate of drug-likeness (QED) is 0.241. The van der Waals surface area contributed by atoms with Crippen molar-refractivity contribution >= 4 is 17.9 Å². The number of esters is 3. The van der Waals surface area contributed by atoms with E-state index in [-0.39, 0.29) is 18.8 Å². The summed E-state index contributed by atoms with van der Waals surface area (Å²) in [5.41, 5.74) is 1.68. The number of methoxy groups -OCH3 is 1. The highest BCUT2D eigenvalue weighted by Gasteiger charge is 2.75. The van der Waals surface area contributed by atoms with Crippen LogP contribution in [0.5, 0.6) is 0 Å². The van der Waals surface area contributed by atoms with Crippen molar-refractivity contribution in [3.05, 3.63) is 34.4 Å². The van der Waals surface area contributed by atoms with Gasteiger partial charge in [-0.15, -0.1) is 0 Å². The SMILES string of the molecule is C=C(C)C(=O)OCCOC(=O)C12C(C)=C(C)C1(C)C(C)=C2C(=O)OC. The molecule has 2 rings (SSSR count). The number of carbonyl (C=O) groups excluding carboxylic acids is 3. The molecule has 0 aromatic carbocycles. The summed E-state index contributed by atoms with van der Waals surface area (Å²) >= 11 is 0. The highest BCUT2D eigenvalue weighted by molar-refractivity contribution is 6.08. The minimum atomic E-state index is -1.10. The van der Waals surface area contributed by atoms with Gasteiger partial charge < -0.3 is 14.2 Å². The highest BCUT2D eigenvalue weighted by Crippen LogP contribution is 2.75. The fourth-order valence-electron chi connectivity index (χ4n) is 4.09. The molecule has 0 fully saturated rings. The van der Waals surface area contributed by atoms with E-state index in [1.54, 1.807) is 0 Å². The minimum absolute atomic E-state index is 0.0672. The van der Waals surface area contributed by atoms with Crippen LogP contribution >= 0.6 is 0 Å². The molecule has 2 aliphatic rings. The Morgan fingerprint density at radius 2 is 1.56 bits per heavy atom. The van der Waals surface area contributed by atoms with E-state index < -0.39 is 28.7 Å². The topological polar surface area (TPSA) is 78.9 Å². The van der Waals surface area contributed by atoms with Gasteiger partial charge in [0.15, 0.2) is 0 Å². The number of hydrogen-bond acceptors (Lipinski definition) is 6. The average Bonchev–Trinajstić information content (AvgIpc) is 2.59. The van der Waals surface area contributed by atoms with Crippen molar-refractivity contribution in [3.63, 3.8) is 0 Å². The second-order valence-electron chi connectivity index (χ2n) is 6.67. The largest absolute Gasteiger partial charge is 0.466 e. The maximum atomic E-state index is 12.9. The van der Waals surface area contributed by atoms with Gasteiger partial charge in [0.1, 0.15) is 18.6 Å². The van der Waals surface area contributed by atoms with Crippen LogP contribution in [0.2, 0.25) is 0 Å². The van der Waals surface area contributed by atoms with Gasteiger partial charge in [0.05, 0.1) is 12.7 Å². The molecule has 2 unspecified atom stereocenters. The second kappa shape index (κ2) is 6.17. The van der Waals surface area contributed by atoms with E-state index >= 15 is 0 Å². The molecule has 0 spiro atoms. The molecule has 0 saturated carbocycles. The van der Waals surface area contributed by atoms with Gasteiger partial charge in [-0.1, -0.05) is 24.6 Å². The van der Waals surface area contributed by atoms with Gasteiger partial charge in [-0.2, -0.15) is 0 Å². The lowest BCUT2D eigenvalue weighted by Gasteiger charge is -2.65. The van der Waals surface area contributed by atoms with E-state index in [4.69, 9.17) is 14.2 Å². The Labute approximate surface area is 147 Å².